The fourth-order valence-electron chi connectivity index (χ4n) is 1.97. The third-order valence-corrected chi connectivity index (χ3v) is 2.92. The highest BCUT2D eigenvalue weighted by molar-refractivity contribution is 5.79. The first kappa shape index (κ1) is 11.9. The van der Waals surface area contributed by atoms with Crippen LogP contribution in [-0.2, 0) is 0 Å². The van der Waals surface area contributed by atoms with Gasteiger partial charge in [-0.15, -0.1) is 0 Å². The van der Waals surface area contributed by atoms with Crippen LogP contribution < -0.4 is 14.8 Å². The Morgan fingerprint density at radius 3 is 2.76 bits per heavy atom. The molecule has 0 unspecified atom stereocenters. The molecule has 1 aliphatic rings. The second-order valence-corrected chi connectivity index (χ2v) is 4.09. The van der Waals surface area contributed by atoms with Crippen molar-refractivity contribution >= 4 is 6.29 Å². The summed E-state index contributed by atoms with van der Waals surface area (Å²) < 4.78 is 11.0. The summed E-state index contributed by atoms with van der Waals surface area (Å²) in [6, 6.07) is 5.31. The third-order valence-electron chi connectivity index (χ3n) is 2.92. The van der Waals surface area contributed by atoms with Gasteiger partial charge in [0.1, 0.15) is 17.6 Å². The molecule has 0 spiro atoms. The van der Waals surface area contributed by atoms with Gasteiger partial charge in [-0.3, -0.25) is 4.79 Å². The number of carbonyl (C=O) groups excluding carboxylic acids is 1. The maximum atomic E-state index is 10.8. The van der Waals surface area contributed by atoms with Crippen LogP contribution in [0.3, 0.4) is 0 Å². The van der Waals surface area contributed by atoms with Gasteiger partial charge >= 0.3 is 0 Å². The van der Waals surface area contributed by atoms with E-state index in [1.54, 1.807) is 19.2 Å². The van der Waals surface area contributed by atoms with Crippen molar-refractivity contribution in [3.05, 3.63) is 23.8 Å². The molecule has 2 rings (SSSR count). The van der Waals surface area contributed by atoms with Crippen LogP contribution in [0.4, 0.5) is 0 Å². The van der Waals surface area contributed by atoms with Crippen LogP contribution in [0.25, 0.3) is 0 Å². The maximum Gasteiger partial charge on any atom is 0.153 e. The molecule has 0 atom stereocenters. The predicted molar refractivity (Wildman–Crippen MR) is 64.9 cm³/mol. The van der Waals surface area contributed by atoms with Crippen molar-refractivity contribution in [1.29, 1.82) is 0 Å². The highest BCUT2D eigenvalue weighted by Crippen LogP contribution is 2.25. The number of aldehydes is 1. The number of piperidine rings is 1. The van der Waals surface area contributed by atoms with E-state index < -0.39 is 0 Å². The van der Waals surface area contributed by atoms with E-state index in [9.17, 15) is 4.79 Å². The summed E-state index contributed by atoms with van der Waals surface area (Å²) in [5.74, 6) is 1.32. The van der Waals surface area contributed by atoms with E-state index in [0.29, 0.717) is 11.3 Å². The summed E-state index contributed by atoms with van der Waals surface area (Å²) in [6.07, 6.45) is 3.06. The van der Waals surface area contributed by atoms with Gasteiger partial charge in [0, 0.05) is 6.07 Å². The van der Waals surface area contributed by atoms with Crippen molar-refractivity contribution in [2.45, 2.75) is 18.9 Å². The summed E-state index contributed by atoms with van der Waals surface area (Å²) in [4.78, 5) is 10.8. The Kier molecular flexibility index (Phi) is 3.98. The molecule has 17 heavy (non-hydrogen) atoms. The third kappa shape index (κ3) is 2.97. The van der Waals surface area contributed by atoms with E-state index in [2.05, 4.69) is 5.32 Å². The van der Waals surface area contributed by atoms with Gasteiger partial charge in [-0.25, -0.2) is 0 Å². The largest absolute Gasteiger partial charge is 0.496 e. The smallest absolute Gasteiger partial charge is 0.153 e. The lowest BCUT2D eigenvalue weighted by Gasteiger charge is -2.24. The van der Waals surface area contributed by atoms with Gasteiger partial charge in [0.2, 0.25) is 0 Å². The molecule has 0 bridgehead atoms. The Morgan fingerprint density at radius 2 is 2.12 bits per heavy atom. The summed E-state index contributed by atoms with van der Waals surface area (Å²) in [5.41, 5.74) is 0.546. The predicted octanol–water partition coefficient (Wildman–Crippen LogP) is 1.64. The van der Waals surface area contributed by atoms with Crippen LogP contribution >= 0.6 is 0 Å². The average molecular weight is 235 g/mol. The molecule has 1 N–H and O–H groups in total. The van der Waals surface area contributed by atoms with Gasteiger partial charge in [0.25, 0.3) is 0 Å². The highest BCUT2D eigenvalue weighted by Gasteiger charge is 2.15. The molecule has 4 nitrogen and oxygen atoms in total. The standard InChI is InChI=1S/C13H17NO3/c1-16-13-8-12(3-2-10(13)9-15)17-11-4-6-14-7-5-11/h2-3,8-9,11,14H,4-7H2,1H3. The lowest BCUT2D eigenvalue weighted by atomic mass is 10.1. The monoisotopic (exact) mass is 235 g/mol. The Bertz CT molecular complexity index is 386. The fraction of sp³-hybridized carbons (Fsp3) is 0.462. The Hall–Kier alpha value is -1.55. The van der Waals surface area contributed by atoms with Crippen LogP contribution in [0, 0.1) is 0 Å². The van der Waals surface area contributed by atoms with Gasteiger partial charge in [0.15, 0.2) is 6.29 Å². The number of hydrogen-bond donors (Lipinski definition) is 1. The van der Waals surface area contributed by atoms with E-state index in [0.717, 1.165) is 38.0 Å². The maximum absolute atomic E-state index is 10.8. The minimum Gasteiger partial charge on any atom is -0.496 e. The normalized spacial score (nSPS) is 16.5. The van der Waals surface area contributed by atoms with Crippen molar-refractivity contribution in [2.24, 2.45) is 0 Å². The summed E-state index contributed by atoms with van der Waals surface area (Å²) >= 11 is 0. The molecular weight excluding hydrogens is 218 g/mol. The number of ether oxygens (including phenoxy) is 2. The van der Waals surface area contributed by atoms with Crippen molar-refractivity contribution in [3.63, 3.8) is 0 Å². The quantitative estimate of drug-likeness (QED) is 0.806. The number of methoxy groups -OCH3 is 1. The van der Waals surface area contributed by atoms with Crippen LogP contribution in [0.2, 0.25) is 0 Å². The molecule has 1 aromatic carbocycles. The van der Waals surface area contributed by atoms with Gasteiger partial charge in [0.05, 0.1) is 12.7 Å². The lowest BCUT2D eigenvalue weighted by molar-refractivity contribution is 0.112. The van der Waals surface area contributed by atoms with E-state index in [1.807, 2.05) is 6.07 Å². The lowest BCUT2D eigenvalue weighted by Crippen LogP contribution is -2.34. The molecular formula is C13H17NO3. The number of carbonyl (C=O) groups is 1. The molecule has 1 fully saturated rings. The SMILES string of the molecule is COc1cc(OC2CCNCC2)ccc1C=O. The van der Waals surface area contributed by atoms with E-state index in [1.165, 1.54) is 0 Å². The van der Waals surface area contributed by atoms with Gasteiger partial charge in [-0.05, 0) is 38.1 Å². The zero-order valence-corrected chi connectivity index (χ0v) is 9.94. The van der Waals surface area contributed by atoms with E-state index in [4.69, 9.17) is 9.47 Å². The average Bonchev–Trinajstić information content (AvgIpc) is 2.40. The minimum absolute atomic E-state index is 0.253. The first-order valence-corrected chi connectivity index (χ1v) is 5.84. The molecule has 0 saturated carbocycles. The number of hydrogen-bond acceptors (Lipinski definition) is 4. The van der Waals surface area contributed by atoms with Crippen LogP contribution in [0.1, 0.15) is 23.2 Å². The van der Waals surface area contributed by atoms with Crippen molar-refractivity contribution in [3.8, 4) is 11.5 Å². The van der Waals surface area contributed by atoms with Crippen LogP contribution in [-0.4, -0.2) is 32.6 Å². The molecule has 0 aliphatic carbocycles. The molecule has 92 valence electrons. The van der Waals surface area contributed by atoms with Gasteiger partial charge in [-0.2, -0.15) is 0 Å². The first-order valence-electron chi connectivity index (χ1n) is 5.84. The van der Waals surface area contributed by atoms with E-state index in [-0.39, 0.29) is 6.10 Å². The molecule has 4 heteroatoms. The van der Waals surface area contributed by atoms with Gasteiger partial charge in [-0.1, -0.05) is 0 Å². The van der Waals surface area contributed by atoms with Gasteiger partial charge < -0.3 is 14.8 Å². The fourth-order valence-corrected chi connectivity index (χ4v) is 1.97. The second kappa shape index (κ2) is 5.68. The number of benzene rings is 1. The zero-order chi connectivity index (χ0) is 12.1. The second-order valence-electron chi connectivity index (χ2n) is 4.09. The number of rotatable bonds is 4. The van der Waals surface area contributed by atoms with E-state index >= 15 is 0 Å². The molecule has 1 heterocycles. The van der Waals surface area contributed by atoms with Crippen molar-refractivity contribution in [1.82, 2.24) is 5.32 Å². The molecule has 0 amide bonds. The summed E-state index contributed by atoms with van der Waals surface area (Å²) in [5, 5.41) is 3.29. The number of nitrogens with one attached hydrogen (secondary N) is 1. The van der Waals surface area contributed by atoms with Crippen molar-refractivity contribution in [2.75, 3.05) is 20.2 Å². The van der Waals surface area contributed by atoms with Crippen molar-refractivity contribution < 1.29 is 14.3 Å². The first-order chi connectivity index (χ1) is 8.33. The molecule has 1 aliphatic heterocycles. The van der Waals surface area contributed by atoms with Crippen LogP contribution in [0.5, 0.6) is 11.5 Å². The molecule has 1 aromatic rings. The van der Waals surface area contributed by atoms with Crippen LogP contribution in [0.15, 0.2) is 18.2 Å². The molecule has 1 saturated heterocycles. The highest BCUT2D eigenvalue weighted by atomic mass is 16.5. The summed E-state index contributed by atoms with van der Waals surface area (Å²) in [7, 11) is 1.55. The molecule has 0 radical (unpaired) electrons. The Labute approximate surface area is 101 Å². The Balaban J connectivity index is 2.07. The Morgan fingerprint density at radius 1 is 1.35 bits per heavy atom. The topological polar surface area (TPSA) is 47.6 Å². The summed E-state index contributed by atoms with van der Waals surface area (Å²) in [6.45, 7) is 1.99. The molecule has 0 aromatic heterocycles. The minimum atomic E-state index is 0.253. The zero-order valence-electron chi connectivity index (χ0n) is 9.94.